The number of aliphatic hydroxyl groups excluding tert-OH is 1. The topological polar surface area (TPSA) is 57.6 Å². The van der Waals surface area contributed by atoms with Gasteiger partial charge in [-0.3, -0.25) is 14.5 Å². The summed E-state index contributed by atoms with van der Waals surface area (Å²) in [5.74, 6) is -2.88. The molecule has 1 aliphatic rings. The van der Waals surface area contributed by atoms with E-state index in [2.05, 4.69) is 0 Å². The van der Waals surface area contributed by atoms with Crippen molar-refractivity contribution in [2.75, 3.05) is 4.90 Å². The number of amides is 1. The van der Waals surface area contributed by atoms with Crippen LogP contribution < -0.4 is 4.90 Å². The van der Waals surface area contributed by atoms with Gasteiger partial charge in [0.2, 0.25) is 0 Å². The Morgan fingerprint density at radius 2 is 1.43 bits per heavy atom. The van der Waals surface area contributed by atoms with Gasteiger partial charge in [-0.2, -0.15) is 0 Å². The van der Waals surface area contributed by atoms with Crippen molar-refractivity contribution < 1.29 is 19.1 Å². The molecule has 1 aliphatic heterocycles. The molecule has 0 spiro atoms. The van der Waals surface area contributed by atoms with Gasteiger partial charge in [-0.15, -0.1) is 0 Å². The number of hydrogen-bond acceptors (Lipinski definition) is 3. The smallest absolute Gasteiger partial charge is 0.300 e. The second-order valence-electron chi connectivity index (χ2n) is 6.68. The predicted molar refractivity (Wildman–Crippen MR) is 114 cm³/mol. The van der Waals surface area contributed by atoms with Crippen molar-refractivity contribution in [3.8, 4) is 0 Å². The molecule has 1 atom stereocenters. The molecule has 3 aromatic rings. The van der Waals surface area contributed by atoms with Gasteiger partial charge in [0.1, 0.15) is 11.6 Å². The van der Waals surface area contributed by atoms with Gasteiger partial charge in [0.25, 0.3) is 11.7 Å². The zero-order valence-electron chi connectivity index (χ0n) is 15.4. The summed E-state index contributed by atoms with van der Waals surface area (Å²) >= 11 is 11.9. The van der Waals surface area contributed by atoms with Crippen LogP contribution >= 0.6 is 23.2 Å². The highest BCUT2D eigenvalue weighted by Crippen LogP contribution is 2.43. The Hall–Kier alpha value is -3.15. The Bertz CT molecular complexity index is 1170. The molecule has 4 rings (SSSR count). The maximum absolute atomic E-state index is 14.6. The van der Waals surface area contributed by atoms with E-state index in [4.69, 9.17) is 23.2 Å². The molecule has 0 saturated carbocycles. The van der Waals surface area contributed by atoms with E-state index in [9.17, 15) is 19.1 Å². The highest BCUT2D eigenvalue weighted by atomic mass is 35.5. The Morgan fingerprint density at radius 3 is 2.03 bits per heavy atom. The molecule has 3 aromatic carbocycles. The summed E-state index contributed by atoms with van der Waals surface area (Å²) in [5.41, 5.74) is 0.602. The van der Waals surface area contributed by atoms with Gasteiger partial charge in [0.15, 0.2) is 0 Å². The summed E-state index contributed by atoms with van der Waals surface area (Å²) in [6, 6.07) is 17.3. The van der Waals surface area contributed by atoms with Gasteiger partial charge in [-0.05, 0) is 54.1 Å². The minimum absolute atomic E-state index is 0.0605. The van der Waals surface area contributed by atoms with E-state index < -0.39 is 23.5 Å². The summed E-state index contributed by atoms with van der Waals surface area (Å²) in [7, 11) is 0. The van der Waals surface area contributed by atoms with E-state index in [0.717, 1.165) is 4.90 Å². The molecular weight excluding hydrogens is 428 g/mol. The van der Waals surface area contributed by atoms with Gasteiger partial charge in [-0.25, -0.2) is 4.39 Å². The van der Waals surface area contributed by atoms with Gasteiger partial charge in [-0.1, -0.05) is 47.5 Å². The van der Waals surface area contributed by atoms with Crippen LogP contribution in [0.2, 0.25) is 10.0 Å². The fourth-order valence-electron chi connectivity index (χ4n) is 3.45. The second kappa shape index (κ2) is 7.94. The Morgan fingerprint density at radius 1 is 0.867 bits per heavy atom. The van der Waals surface area contributed by atoms with Gasteiger partial charge in [0.05, 0.1) is 17.3 Å². The van der Waals surface area contributed by atoms with Crippen molar-refractivity contribution >= 4 is 46.3 Å². The molecule has 1 fully saturated rings. The van der Waals surface area contributed by atoms with Crippen molar-refractivity contribution in [2.45, 2.75) is 6.04 Å². The molecule has 1 unspecified atom stereocenters. The SMILES string of the molecule is O=C1C(=O)N(c2ccccc2F)C(c2ccc(Cl)cc2)C1=C(O)c1ccc(Cl)cc1. The second-order valence-corrected chi connectivity index (χ2v) is 7.55. The predicted octanol–water partition coefficient (Wildman–Crippen LogP) is 5.76. The minimum atomic E-state index is -1.03. The number of hydrogen-bond donors (Lipinski definition) is 1. The summed E-state index contributed by atoms with van der Waals surface area (Å²) in [5, 5.41) is 11.8. The van der Waals surface area contributed by atoms with E-state index >= 15 is 0 Å². The lowest BCUT2D eigenvalue weighted by molar-refractivity contribution is -0.132. The average molecular weight is 442 g/mol. The average Bonchev–Trinajstić information content (AvgIpc) is 3.00. The van der Waals surface area contributed by atoms with Crippen molar-refractivity contribution in [3.63, 3.8) is 0 Å². The van der Waals surface area contributed by atoms with E-state index in [0.29, 0.717) is 21.2 Å². The lowest BCUT2D eigenvalue weighted by Crippen LogP contribution is -2.30. The lowest BCUT2D eigenvalue weighted by Gasteiger charge is -2.25. The van der Waals surface area contributed by atoms with Crippen molar-refractivity contribution in [1.82, 2.24) is 0 Å². The number of carbonyl (C=O) groups is 2. The number of para-hydroxylation sites is 1. The normalized spacial score (nSPS) is 18.1. The quantitative estimate of drug-likeness (QED) is 0.319. The zero-order valence-corrected chi connectivity index (χ0v) is 16.9. The lowest BCUT2D eigenvalue weighted by atomic mass is 9.95. The number of ketones is 1. The maximum atomic E-state index is 14.6. The number of benzene rings is 3. The highest BCUT2D eigenvalue weighted by molar-refractivity contribution is 6.51. The first-order valence-corrected chi connectivity index (χ1v) is 9.71. The summed E-state index contributed by atoms with van der Waals surface area (Å²) < 4.78 is 14.6. The number of anilines is 1. The van der Waals surface area contributed by atoms with Crippen LogP contribution in [-0.2, 0) is 9.59 Å². The van der Waals surface area contributed by atoms with E-state index in [1.54, 1.807) is 42.5 Å². The molecule has 30 heavy (non-hydrogen) atoms. The summed E-state index contributed by atoms with van der Waals surface area (Å²) in [6.45, 7) is 0. The van der Waals surface area contributed by atoms with E-state index in [-0.39, 0.29) is 17.0 Å². The minimum Gasteiger partial charge on any atom is -0.507 e. The van der Waals surface area contributed by atoms with Crippen LogP contribution in [0.4, 0.5) is 10.1 Å². The first kappa shape index (κ1) is 20.1. The van der Waals surface area contributed by atoms with Crippen molar-refractivity contribution in [3.05, 3.63) is 105 Å². The Balaban J connectivity index is 1.96. The van der Waals surface area contributed by atoms with Crippen LogP contribution in [0.25, 0.3) is 5.76 Å². The molecule has 0 aliphatic carbocycles. The molecule has 1 heterocycles. The first-order valence-electron chi connectivity index (χ1n) is 8.95. The molecule has 0 bridgehead atoms. The molecule has 0 radical (unpaired) electrons. The number of halogens is 3. The fraction of sp³-hybridized carbons (Fsp3) is 0.0435. The van der Waals surface area contributed by atoms with Gasteiger partial charge in [0, 0.05) is 15.6 Å². The monoisotopic (exact) mass is 441 g/mol. The van der Waals surface area contributed by atoms with Crippen LogP contribution in [0.1, 0.15) is 17.2 Å². The molecule has 0 aromatic heterocycles. The molecule has 7 heteroatoms. The van der Waals surface area contributed by atoms with Gasteiger partial charge >= 0.3 is 0 Å². The molecule has 1 saturated heterocycles. The molecule has 4 nitrogen and oxygen atoms in total. The van der Waals surface area contributed by atoms with Crippen molar-refractivity contribution in [1.29, 1.82) is 0 Å². The molecule has 150 valence electrons. The van der Waals surface area contributed by atoms with Crippen molar-refractivity contribution in [2.24, 2.45) is 0 Å². The van der Waals surface area contributed by atoms with Crippen LogP contribution in [-0.4, -0.2) is 16.8 Å². The molecule has 1 N–H and O–H groups in total. The van der Waals surface area contributed by atoms with Crippen LogP contribution in [0.15, 0.2) is 78.4 Å². The highest BCUT2D eigenvalue weighted by Gasteiger charge is 2.47. The van der Waals surface area contributed by atoms with Crippen LogP contribution in [0, 0.1) is 5.82 Å². The summed E-state index contributed by atoms with van der Waals surface area (Å²) in [4.78, 5) is 26.9. The van der Waals surface area contributed by atoms with E-state index in [1.807, 2.05) is 0 Å². The standard InChI is InChI=1S/C23H14Cl2FNO3/c24-15-9-5-13(6-10-15)20-19(21(28)14-7-11-16(25)12-8-14)22(29)23(30)27(20)18-4-2-1-3-17(18)26/h1-12,20,28H. The third-order valence-corrected chi connectivity index (χ3v) is 5.36. The van der Waals surface area contributed by atoms with Crippen LogP contribution in [0.3, 0.4) is 0 Å². The molecule has 1 amide bonds. The van der Waals surface area contributed by atoms with Gasteiger partial charge < -0.3 is 5.11 Å². The van der Waals surface area contributed by atoms with E-state index in [1.165, 1.54) is 30.3 Å². The third kappa shape index (κ3) is 3.47. The Labute approximate surface area is 181 Å². The number of aliphatic hydroxyl groups is 1. The zero-order chi connectivity index (χ0) is 21.4. The third-order valence-electron chi connectivity index (χ3n) is 4.86. The number of rotatable bonds is 3. The van der Waals surface area contributed by atoms with Crippen LogP contribution in [0.5, 0.6) is 0 Å². The molecular formula is C23H14Cl2FNO3. The Kier molecular flexibility index (Phi) is 5.33. The fourth-order valence-corrected chi connectivity index (χ4v) is 3.70. The largest absolute Gasteiger partial charge is 0.507 e. The first-order chi connectivity index (χ1) is 14.4. The maximum Gasteiger partial charge on any atom is 0.300 e. The number of Topliss-reactive ketones (excluding diaryl/α,β-unsaturated/α-hetero) is 1. The summed E-state index contributed by atoms with van der Waals surface area (Å²) in [6.07, 6.45) is 0. The number of carbonyl (C=O) groups excluding carboxylic acids is 2. The number of nitrogens with zero attached hydrogens (tertiary/aromatic N) is 1.